The van der Waals surface area contributed by atoms with Gasteiger partial charge in [-0.05, 0) is 30.2 Å². The summed E-state index contributed by atoms with van der Waals surface area (Å²) >= 11 is 0. The fraction of sp³-hybridized carbons (Fsp3) is 0.250. The summed E-state index contributed by atoms with van der Waals surface area (Å²) < 4.78 is 6.27. The van der Waals surface area contributed by atoms with Gasteiger partial charge in [0, 0.05) is 30.5 Å². The molecule has 0 spiro atoms. The van der Waals surface area contributed by atoms with Gasteiger partial charge in [0.1, 0.15) is 6.61 Å². The van der Waals surface area contributed by atoms with Crippen LogP contribution in [0.1, 0.15) is 35.3 Å². The Bertz CT molecular complexity index is 963. The molecule has 3 aromatic rings. The Kier molecular flexibility index (Phi) is 6.67. The molecule has 0 radical (unpaired) electrons. The van der Waals surface area contributed by atoms with Gasteiger partial charge in [0.15, 0.2) is 0 Å². The predicted molar refractivity (Wildman–Crippen MR) is 103 cm³/mol. The highest BCUT2D eigenvalue weighted by atomic mass is 16.5. The molecule has 0 aliphatic carbocycles. The minimum absolute atomic E-state index is 0.0663. The van der Waals surface area contributed by atoms with Crippen LogP contribution in [0.3, 0.4) is 0 Å². The quantitative estimate of drug-likeness (QED) is 0.543. The number of carbonyl (C=O) groups excluding carboxylic acids is 2. The lowest BCUT2D eigenvalue weighted by Gasteiger charge is -2.03. The molecule has 1 heterocycles. The number of nitrogens with two attached hydrogens (primary N) is 1. The first-order chi connectivity index (χ1) is 12.8. The van der Waals surface area contributed by atoms with Crippen LogP contribution < -0.4 is 5.73 Å². The van der Waals surface area contributed by atoms with Gasteiger partial charge in [0.2, 0.25) is 5.91 Å². The number of anilines is 1. The zero-order valence-corrected chi connectivity index (χ0v) is 15.6. The van der Waals surface area contributed by atoms with E-state index in [0.29, 0.717) is 0 Å². The van der Waals surface area contributed by atoms with Gasteiger partial charge < -0.3 is 15.6 Å². The molecule has 0 saturated carbocycles. The van der Waals surface area contributed by atoms with Crippen LogP contribution >= 0.6 is 0 Å². The Morgan fingerprint density at radius 2 is 1.81 bits per heavy atom. The van der Waals surface area contributed by atoms with Crippen molar-refractivity contribution in [1.29, 1.82) is 0 Å². The van der Waals surface area contributed by atoms with Crippen LogP contribution in [0.15, 0.2) is 42.6 Å². The molecule has 3 rings (SSSR count). The van der Waals surface area contributed by atoms with Crippen LogP contribution in [0.25, 0.3) is 10.9 Å². The summed E-state index contributed by atoms with van der Waals surface area (Å²) in [5.41, 5.74) is 9.77. The van der Waals surface area contributed by atoms with E-state index in [2.05, 4.69) is 5.10 Å². The van der Waals surface area contributed by atoms with Gasteiger partial charge in [-0.25, -0.2) is 4.68 Å². The van der Waals surface area contributed by atoms with Crippen LogP contribution in [0.4, 0.5) is 5.69 Å². The zero-order chi connectivity index (χ0) is 20.0. The van der Waals surface area contributed by atoms with Crippen LogP contribution in [0, 0.1) is 6.92 Å². The van der Waals surface area contributed by atoms with E-state index < -0.39 is 0 Å². The summed E-state index contributed by atoms with van der Waals surface area (Å²) in [5, 5.41) is 13.6. The first kappa shape index (κ1) is 20.1. The number of nitrogens with zero attached hydrogens (tertiary/aromatic N) is 2. The SMILES string of the molecule is CC(=O)OCc1cccc2c1cnn2C(C)=O.Cc1c(N)cccc1CO. The fourth-order valence-electron chi connectivity index (χ4n) is 2.54. The van der Waals surface area contributed by atoms with Crippen molar-refractivity contribution in [3.63, 3.8) is 0 Å². The average Bonchev–Trinajstić information content (AvgIpc) is 3.07. The molecule has 0 aliphatic rings. The smallest absolute Gasteiger partial charge is 0.302 e. The number of aromatic nitrogens is 2. The number of esters is 1. The Hall–Kier alpha value is -3.19. The maximum absolute atomic E-state index is 11.3. The largest absolute Gasteiger partial charge is 0.461 e. The standard InChI is InChI=1S/C12H12N2O3.C8H11NO/c1-8(15)14-12-5-3-4-10(7-17-9(2)16)11(12)6-13-14;1-6-7(5-10)3-2-4-8(6)9/h3-6H,7H2,1-2H3;2-4,10H,5,9H2,1H3. The number of benzene rings is 2. The molecule has 0 amide bonds. The molecule has 0 fully saturated rings. The van der Waals surface area contributed by atoms with Crippen LogP contribution in [0.5, 0.6) is 0 Å². The molecule has 0 aliphatic heterocycles. The third kappa shape index (κ3) is 4.92. The van der Waals surface area contributed by atoms with Crippen molar-refractivity contribution < 1.29 is 19.4 Å². The molecule has 7 nitrogen and oxygen atoms in total. The number of rotatable bonds is 3. The Morgan fingerprint density at radius 1 is 1.15 bits per heavy atom. The lowest BCUT2D eigenvalue weighted by atomic mass is 10.1. The molecule has 0 bridgehead atoms. The maximum Gasteiger partial charge on any atom is 0.302 e. The van der Waals surface area contributed by atoms with E-state index in [9.17, 15) is 9.59 Å². The molecular formula is C20H23N3O4. The second-order valence-corrected chi connectivity index (χ2v) is 6.00. The number of hydrogen-bond acceptors (Lipinski definition) is 6. The normalized spacial score (nSPS) is 10.2. The Balaban J connectivity index is 0.000000223. The first-order valence-corrected chi connectivity index (χ1v) is 8.40. The van der Waals surface area contributed by atoms with Gasteiger partial charge in [0.25, 0.3) is 0 Å². The number of aliphatic hydroxyl groups excluding tert-OH is 1. The third-order valence-electron chi connectivity index (χ3n) is 4.09. The molecule has 142 valence electrons. The molecule has 0 atom stereocenters. The highest BCUT2D eigenvalue weighted by molar-refractivity contribution is 5.91. The van der Waals surface area contributed by atoms with Gasteiger partial charge in [-0.3, -0.25) is 9.59 Å². The van der Waals surface area contributed by atoms with Crippen molar-refractivity contribution in [2.75, 3.05) is 5.73 Å². The highest BCUT2D eigenvalue weighted by Gasteiger charge is 2.09. The topological polar surface area (TPSA) is 107 Å². The summed E-state index contributed by atoms with van der Waals surface area (Å²) in [6, 6.07) is 11.0. The van der Waals surface area contributed by atoms with Gasteiger partial charge in [-0.2, -0.15) is 5.10 Å². The molecular weight excluding hydrogens is 346 g/mol. The summed E-state index contributed by atoms with van der Waals surface area (Å²) in [4.78, 5) is 22.1. The van der Waals surface area contributed by atoms with E-state index in [1.54, 1.807) is 12.3 Å². The van der Waals surface area contributed by atoms with Gasteiger partial charge in [0.05, 0.1) is 18.3 Å². The predicted octanol–water partition coefficient (Wildman–Crippen LogP) is 2.83. The van der Waals surface area contributed by atoms with Crippen LogP contribution in [-0.2, 0) is 22.7 Å². The molecule has 7 heteroatoms. The van der Waals surface area contributed by atoms with Crippen molar-refractivity contribution >= 4 is 28.5 Å². The van der Waals surface area contributed by atoms with Crippen molar-refractivity contribution in [3.05, 3.63) is 59.3 Å². The van der Waals surface area contributed by atoms with Crippen LogP contribution in [-0.4, -0.2) is 26.8 Å². The first-order valence-electron chi connectivity index (χ1n) is 8.40. The Morgan fingerprint density at radius 3 is 2.41 bits per heavy atom. The second kappa shape index (κ2) is 8.95. The van der Waals surface area contributed by atoms with Crippen molar-refractivity contribution in [2.24, 2.45) is 0 Å². The Labute approximate surface area is 157 Å². The number of hydrogen-bond donors (Lipinski definition) is 2. The molecule has 3 N–H and O–H groups in total. The van der Waals surface area contributed by atoms with Crippen molar-refractivity contribution in [2.45, 2.75) is 34.0 Å². The summed E-state index contributed by atoms with van der Waals surface area (Å²) in [6.07, 6.45) is 1.61. The monoisotopic (exact) mass is 369 g/mol. The number of ether oxygens (including phenoxy) is 1. The second-order valence-electron chi connectivity index (χ2n) is 6.00. The van der Waals surface area contributed by atoms with Gasteiger partial charge in [-0.1, -0.05) is 24.3 Å². The third-order valence-corrected chi connectivity index (χ3v) is 4.09. The molecule has 1 aromatic heterocycles. The number of fused-ring (bicyclic) bond motifs is 1. The minimum atomic E-state index is -0.332. The highest BCUT2D eigenvalue weighted by Crippen LogP contribution is 2.19. The van der Waals surface area contributed by atoms with E-state index in [4.69, 9.17) is 15.6 Å². The van der Waals surface area contributed by atoms with Crippen molar-refractivity contribution in [3.8, 4) is 0 Å². The molecule has 0 unspecified atom stereocenters. The van der Waals surface area contributed by atoms with E-state index in [1.165, 1.54) is 18.5 Å². The lowest BCUT2D eigenvalue weighted by molar-refractivity contribution is -0.142. The number of carbonyl (C=O) groups is 2. The molecule has 27 heavy (non-hydrogen) atoms. The maximum atomic E-state index is 11.3. The van der Waals surface area contributed by atoms with E-state index in [-0.39, 0.29) is 25.1 Å². The van der Waals surface area contributed by atoms with E-state index in [0.717, 1.165) is 33.3 Å². The lowest BCUT2D eigenvalue weighted by Crippen LogP contribution is -2.06. The average molecular weight is 369 g/mol. The summed E-state index contributed by atoms with van der Waals surface area (Å²) in [7, 11) is 0. The minimum Gasteiger partial charge on any atom is -0.461 e. The zero-order valence-electron chi connectivity index (χ0n) is 15.6. The summed E-state index contributed by atoms with van der Waals surface area (Å²) in [5.74, 6) is -0.481. The van der Waals surface area contributed by atoms with Crippen LogP contribution in [0.2, 0.25) is 0 Å². The molecule has 2 aromatic carbocycles. The van der Waals surface area contributed by atoms with Gasteiger partial charge in [-0.15, -0.1) is 0 Å². The van der Waals surface area contributed by atoms with E-state index in [1.807, 2.05) is 37.3 Å². The molecule has 0 saturated heterocycles. The van der Waals surface area contributed by atoms with Gasteiger partial charge >= 0.3 is 5.97 Å². The fourth-order valence-corrected chi connectivity index (χ4v) is 2.54. The van der Waals surface area contributed by atoms with E-state index >= 15 is 0 Å². The number of aliphatic hydroxyl groups is 1. The van der Waals surface area contributed by atoms with Crippen molar-refractivity contribution in [1.82, 2.24) is 9.78 Å². The number of nitrogen functional groups attached to an aromatic ring is 1. The summed E-state index contributed by atoms with van der Waals surface area (Å²) in [6.45, 7) is 4.97.